The number of rotatable bonds is 26. The van der Waals surface area contributed by atoms with Crippen molar-refractivity contribution >= 4 is 136 Å². The molecule has 2 N–H and O–H groups in total. The minimum Gasteiger partial charge on any atom is -0.464 e. The normalized spacial score (nSPS) is 15.2. The second-order valence-corrected chi connectivity index (χ2v) is 32.3. The van der Waals surface area contributed by atoms with E-state index in [0.29, 0.717) is 94.8 Å². The first-order valence-corrected chi connectivity index (χ1v) is 39.2. The summed E-state index contributed by atoms with van der Waals surface area (Å²) in [6.45, 7) is 4.36. The van der Waals surface area contributed by atoms with Crippen molar-refractivity contribution in [3.8, 4) is 0 Å². The van der Waals surface area contributed by atoms with E-state index < -0.39 is 118 Å². The number of halogens is 4. The van der Waals surface area contributed by atoms with E-state index >= 15 is 0 Å². The molecule has 2 amide bonds. The molecule has 574 valence electrons. The number of amides is 2. The summed E-state index contributed by atoms with van der Waals surface area (Å²) in [5.74, 6) is -7.47. The number of fused-ring (bicyclic) bond motifs is 4. The van der Waals surface area contributed by atoms with E-state index in [1.807, 2.05) is 12.1 Å². The Morgan fingerprint density at radius 1 is 0.574 bits per heavy atom. The van der Waals surface area contributed by atoms with Gasteiger partial charge in [-0.15, -0.1) is 0 Å². The van der Waals surface area contributed by atoms with E-state index in [-0.39, 0.29) is 97.9 Å². The van der Waals surface area contributed by atoms with Crippen LogP contribution >= 0.6 is 46.4 Å². The highest BCUT2D eigenvalue weighted by Crippen LogP contribution is 2.39. The number of ketones is 2. The largest absolute Gasteiger partial charge is 0.511 e. The number of aliphatic hydroxyl groups excluding tert-OH is 2. The van der Waals surface area contributed by atoms with Crippen LogP contribution in [0.5, 0.6) is 0 Å². The van der Waals surface area contributed by atoms with E-state index in [0.717, 1.165) is 23.3 Å². The van der Waals surface area contributed by atoms with Crippen LogP contribution in [0, 0.1) is 23.7 Å². The number of ether oxygens (including phenoxy) is 8. The van der Waals surface area contributed by atoms with Crippen molar-refractivity contribution in [2.45, 2.75) is 94.3 Å². The summed E-state index contributed by atoms with van der Waals surface area (Å²) in [5.41, 5.74) is 5.56. The van der Waals surface area contributed by atoms with Crippen LogP contribution in [-0.2, 0) is 106 Å². The Morgan fingerprint density at radius 3 is 1.51 bits per heavy atom. The average molecular weight is 1610 g/mol. The molecule has 26 nitrogen and oxygen atoms in total. The van der Waals surface area contributed by atoms with Gasteiger partial charge in [-0.25, -0.2) is 26.4 Å². The Balaban J connectivity index is 0.000000231. The second kappa shape index (κ2) is 35.6. The molecule has 5 heterocycles. The number of carbonyl (C=O) groups is 8. The highest BCUT2D eigenvalue weighted by molar-refractivity contribution is 7.91. The van der Waals surface area contributed by atoms with Crippen LogP contribution in [0.1, 0.15) is 108 Å². The van der Waals surface area contributed by atoms with E-state index in [4.69, 9.17) is 103 Å². The zero-order valence-corrected chi connectivity index (χ0v) is 63.7. The van der Waals surface area contributed by atoms with Gasteiger partial charge < -0.3 is 66.7 Å². The zero-order valence-electron chi connectivity index (χ0n) is 59.1. The van der Waals surface area contributed by atoms with Crippen LogP contribution in [0.3, 0.4) is 0 Å². The summed E-state index contributed by atoms with van der Waals surface area (Å²) in [7, 11) is -7.17. The fourth-order valence-electron chi connectivity index (χ4n) is 12.3. The molecule has 3 atom stereocenters. The summed E-state index contributed by atoms with van der Waals surface area (Å²) in [5, 5.41) is 20.3. The number of hydrogen-bond acceptors (Lipinski definition) is 24. The number of benzene rings is 6. The Bertz CT molecular complexity index is 4970. The number of hydrogen-bond donors (Lipinski definition) is 2. The maximum Gasteiger partial charge on any atom is 0.511 e. The number of esters is 2. The lowest BCUT2D eigenvalue weighted by Gasteiger charge is -2.34. The highest BCUT2D eigenvalue weighted by atomic mass is 35.5. The molecule has 11 rings (SSSR count). The number of Topliss-reactive ketones (excluding diaryl/α,β-unsaturated/α-hetero) is 2. The van der Waals surface area contributed by atoms with Gasteiger partial charge in [0, 0.05) is 92.2 Å². The Hall–Kier alpha value is -8.94. The predicted octanol–water partition coefficient (Wildman–Crippen LogP) is 12.2. The molecule has 1 saturated heterocycles. The molecule has 1 unspecified atom stereocenters. The lowest BCUT2D eigenvalue weighted by Crippen LogP contribution is -2.41. The summed E-state index contributed by atoms with van der Waals surface area (Å²) in [4.78, 5) is 109. The summed E-state index contributed by atoms with van der Waals surface area (Å²) in [6.07, 6.45) is 0.954. The minimum atomic E-state index is -3.60. The zero-order chi connectivity index (χ0) is 77.9. The topological polar surface area (TPSA) is 352 Å². The number of aliphatic hydroxyl groups is 2. The summed E-state index contributed by atoms with van der Waals surface area (Å²) < 4.78 is 101. The van der Waals surface area contributed by atoms with Gasteiger partial charge in [-0.1, -0.05) is 82.8 Å². The van der Waals surface area contributed by atoms with Crippen molar-refractivity contribution < 1.29 is 112 Å². The quantitative estimate of drug-likeness (QED) is 0.0220. The Morgan fingerprint density at radius 2 is 1.05 bits per heavy atom. The Labute approximate surface area is 641 Å². The lowest BCUT2D eigenvalue weighted by atomic mass is 9.89. The van der Waals surface area contributed by atoms with Gasteiger partial charge in [-0.3, -0.25) is 28.8 Å². The molecule has 108 heavy (non-hydrogen) atoms. The van der Waals surface area contributed by atoms with Crippen molar-refractivity contribution in [1.29, 1.82) is 0 Å². The fourth-order valence-corrected chi connectivity index (χ4v) is 15.3. The molecule has 1 fully saturated rings. The molecular weight excluding hydrogens is 1530 g/mol. The standard InChI is InChI=1S/C39H39Cl2NO12S.C37H37Cl2NO12S/c1-39(2)53-20-24(21-54-39)19-50-38(46)52-22-51-37(45)27(13-23-5-4-6-29(14-23)55(3,47)48)16-32(43)34-31(40)15-28-18-42(11-9-30(28)35(34)41)36(44)26-8-7-25-10-12-49-33(25)17-26;1-21(52-37(46)50-20-23(18-41)19-42)51-36(45)26(12-22-4-3-5-28(13-22)53(2,47)48)15-31(43)33-30(38)14-27-17-40(10-8-29(27)34(33)39)35(44)25-7-6-24-9-11-49-32(24)16-25/h4-8,10,12,14-15,17,24,27H,9,11,13,16,18-22H2,1-3H3;3-7,9,11,13-14,16,21,23,26,41-42H,8,10,12,15,17-20H2,1-2H3/t27-;21?,26-/m11/s1. The molecule has 0 bridgehead atoms. The highest BCUT2D eigenvalue weighted by Gasteiger charge is 2.36. The average Bonchev–Trinajstić information content (AvgIpc) is 0.820. The van der Waals surface area contributed by atoms with Crippen molar-refractivity contribution in [3.05, 3.63) is 197 Å². The molecule has 0 radical (unpaired) electrons. The van der Waals surface area contributed by atoms with Gasteiger partial charge in [0.05, 0.1) is 91.8 Å². The van der Waals surface area contributed by atoms with Crippen LogP contribution in [0.4, 0.5) is 9.59 Å². The molecular formula is C76H76Cl4N2O24S2. The van der Waals surface area contributed by atoms with Gasteiger partial charge in [-0.2, -0.15) is 0 Å². The first-order chi connectivity index (χ1) is 51.2. The molecule has 2 aromatic heterocycles. The van der Waals surface area contributed by atoms with E-state index in [9.17, 15) is 55.2 Å². The smallest absolute Gasteiger partial charge is 0.464 e. The van der Waals surface area contributed by atoms with Gasteiger partial charge in [0.25, 0.3) is 11.8 Å². The monoisotopic (exact) mass is 1600 g/mol. The molecule has 0 aliphatic carbocycles. The molecule has 3 aliphatic rings. The maximum absolute atomic E-state index is 13.9. The van der Waals surface area contributed by atoms with Crippen LogP contribution in [0.25, 0.3) is 21.9 Å². The third kappa shape index (κ3) is 20.9. The molecule has 0 saturated carbocycles. The SMILES string of the molecule is CC(OC(=O)OCC(CO)CO)OC(=O)[C@@H](CC(=O)c1c(Cl)cc2c(c1Cl)CCN(C(=O)c1ccc3ccoc3c1)C2)Cc1cccc(S(C)(=O)=O)c1.CC1(C)OCC(COC(=O)OCOC(=O)[C@@H](CC(=O)c2c(Cl)cc3c(c2Cl)CCN(C(=O)c2ccc4ccoc4c2)C3)Cc2cccc(S(C)(=O)=O)c2)CO1. The van der Waals surface area contributed by atoms with E-state index in [1.165, 1.54) is 43.3 Å². The van der Waals surface area contributed by atoms with Crippen molar-refractivity contribution in [1.82, 2.24) is 9.80 Å². The third-order valence-corrected chi connectivity index (χ3v) is 21.8. The minimum absolute atomic E-state index is 0.00621. The number of furan rings is 2. The molecule has 3 aliphatic heterocycles. The van der Waals surface area contributed by atoms with E-state index in [2.05, 4.69) is 0 Å². The van der Waals surface area contributed by atoms with Crippen LogP contribution < -0.4 is 0 Å². The van der Waals surface area contributed by atoms with Gasteiger partial charge >= 0.3 is 24.2 Å². The van der Waals surface area contributed by atoms with Crippen LogP contribution in [0.15, 0.2) is 140 Å². The number of nitrogens with zero attached hydrogens (tertiary/aromatic N) is 2. The van der Waals surface area contributed by atoms with E-state index in [1.54, 1.807) is 96.8 Å². The fraction of sp³-hybridized carbons (Fsp3) is 0.368. The van der Waals surface area contributed by atoms with Crippen molar-refractivity contribution in [3.63, 3.8) is 0 Å². The first kappa shape index (κ1) is 81.6. The second-order valence-electron chi connectivity index (χ2n) is 26.7. The van der Waals surface area contributed by atoms with Gasteiger partial charge in [0.2, 0.25) is 13.1 Å². The van der Waals surface area contributed by atoms with Gasteiger partial charge in [0.1, 0.15) is 24.4 Å². The molecule has 0 spiro atoms. The summed E-state index contributed by atoms with van der Waals surface area (Å²) >= 11 is 27.0. The van der Waals surface area contributed by atoms with Crippen molar-refractivity contribution in [2.75, 3.05) is 72.0 Å². The molecule has 32 heteroatoms. The van der Waals surface area contributed by atoms with Crippen LogP contribution in [-0.4, -0.2) is 169 Å². The van der Waals surface area contributed by atoms with Gasteiger partial charge in [0.15, 0.2) is 37.0 Å². The molecule has 6 aromatic carbocycles. The van der Waals surface area contributed by atoms with Crippen molar-refractivity contribution in [2.24, 2.45) is 23.7 Å². The third-order valence-electron chi connectivity index (χ3n) is 18.1. The first-order valence-electron chi connectivity index (χ1n) is 33.9. The van der Waals surface area contributed by atoms with Crippen LogP contribution in [0.2, 0.25) is 20.1 Å². The number of carbonyl (C=O) groups excluding carboxylic acids is 8. The lowest BCUT2D eigenvalue weighted by molar-refractivity contribution is -0.265. The summed E-state index contributed by atoms with van der Waals surface area (Å²) in [6, 6.07) is 29.1. The van der Waals surface area contributed by atoms with Gasteiger partial charge in [-0.05, 0) is 146 Å². The number of sulfone groups is 2. The maximum atomic E-state index is 13.9. The molecule has 8 aromatic rings. The predicted molar refractivity (Wildman–Crippen MR) is 392 cm³/mol. The Kier molecular flexibility index (Phi) is 26.9.